The van der Waals surface area contributed by atoms with E-state index in [4.69, 9.17) is 0 Å². The van der Waals surface area contributed by atoms with Crippen LogP contribution in [0.1, 0.15) is 40.0 Å². The molecule has 0 aliphatic carbocycles. The fraction of sp³-hybridized carbons (Fsp3) is 1.00. The van der Waals surface area contributed by atoms with Gasteiger partial charge in [0, 0.05) is 4.43 Å². The molecule has 1 heteroatoms. The zero-order valence-electron chi connectivity index (χ0n) is 7.36. The van der Waals surface area contributed by atoms with Gasteiger partial charge >= 0.3 is 0 Å². The molecule has 0 aromatic rings. The molecule has 0 aliphatic rings. The molecule has 10 heavy (non-hydrogen) atoms. The monoisotopic (exact) mass is 254 g/mol. The highest BCUT2D eigenvalue weighted by molar-refractivity contribution is 14.1. The van der Waals surface area contributed by atoms with Crippen LogP contribution in [0.2, 0.25) is 0 Å². The van der Waals surface area contributed by atoms with Crippen LogP contribution in [0.5, 0.6) is 0 Å². The number of alkyl halides is 1. The summed E-state index contributed by atoms with van der Waals surface area (Å²) in [7, 11) is 0. The van der Waals surface area contributed by atoms with Gasteiger partial charge in [-0.2, -0.15) is 0 Å². The van der Waals surface area contributed by atoms with Gasteiger partial charge in [0.05, 0.1) is 0 Å². The number of halogens is 1. The van der Waals surface area contributed by atoms with Crippen molar-refractivity contribution in [3.8, 4) is 0 Å². The first-order valence-electron chi connectivity index (χ1n) is 4.26. The van der Waals surface area contributed by atoms with Crippen molar-refractivity contribution < 1.29 is 0 Å². The van der Waals surface area contributed by atoms with Gasteiger partial charge in [-0.15, -0.1) is 0 Å². The van der Waals surface area contributed by atoms with Crippen LogP contribution in [-0.4, -0.2) is 4.43 Å². The summed E-state index contributed by atoms with van der Waals surface area (Å²) >= 11 is 2.48. The van der Waals surface area contributed by atoms with Crippen molar-refractivity contribution in [2.24, 2.45) is 11.8 Å². The molecule has 0 aliphatic heterocycles. The minimum atomic E-state index is 0.919. The molecule has 0 nitrogen and oxygen atoms in total. The number of hydrogen-bond donors (Lipinski definition) is 0. The first-order valence-corrected chi connectivity index (χ1v) is 5.79. The van der Waals surface area contributed by atoms with Crippen molar-refractivity contribution in [3.05, 3.63) is 0 Å². The molecule has 0 saturated carbocycles. The predicted octanol–water partition coefficient (Wildman–Crippen LogP) is 3.88. The van der Waals surface area contributed by atoms with E-state index in [-0.39, 0.29) is 0 Å². The van der Waals surface area contributed by atoms with Crippen LogP contribution in [0.3, 0.4) is 0 Å². The van der Waals surface area contributed by atoms with E-state index >= 15 is 0 Å². The molecule has 0 bridgehead atoms. The lowest BCUT2D eigenvalue weighted by molar-refractivity contribution is 0.418. The molecule has 62 valence electrons. The van der Waals surface area contributed by atoms with Crippen LogP contribution in [0.25, 0.3) is 0 Å². The van der Waals surface area contributed by atoms with E-state index < -0.39 is 0 Å². The molecule has 0 heterocycles. The maximum Gasteiger partial charge on any atom is 0.00211 e. The van der Waals surface area contributed by atoms with Gasteiger partial charge in [-0.1, -0.05) is 56.2 Å². The molecule has 0 aromatic heterocycles. The first-order chi connectivity index (χ1) is 4.70. The summed E-state index contributed by atoms with van der Waals surface area (Å²) in [5, 5.41) is 0. The van der Waals surface area contributed by atoms with Crippen molar-refractivity contribution in [2.75, 3.05) is 4.43 Å². The van der Waals surface area contributed by atoms with Crippen molar-refractivity contribution in [1.82, 2.24) is 0 Å². The van der Waals surface area contributed by atoms with Gasteiger partial charge in [-0.05, 0) is 18.3 Å². The summed E-state index contributed by atoms with van der Waals surface area (Å²) in [6.45, 7) is 6.98. The average Bonchev–Trinajstić information content (AvgIpc) is 1.88. The molecule has 0 saturated heterocycles. The van der Waals surface area contributed by atoms with E-state index in [2.05, 4.69) is 43.4 Å². The Morgan fingerprint density at radius 2 is 1.80 bits per heavy atom. The Bertz CT molecular complexity index is 71.1. The van der Waals surface area contributed by atoms with E-state index in [1.54, 1.807) is 0 Å². The van der Waals surface area contributed by atoms with E-state index in [1.165, 1.54) is 23.7 Å². The summed E-state index contributed by atoms with van der Waals surface area (Å²) < 4.78 is 1.31. The highest BCUT2D eigenvalue weighted by atomic mass is 127. The van der Waals surface area contributed by atoms with Gasteiger partial charge in [0.1, 0.15) is 0 Å². The van der Waals surface area contributed by atoms with E-state index in [0.717, 1.165) is 11.8 Å². The van der Waals surface area contributed by atoms with Crippen LogP contribution in [0, 0.1) is 11.8 Å². The third-order valence-corrected chi connectivity index (χ3v) is 3.35. The highest BCUT2D eigenvalue weighted by Crippen LogP contribution is 2.17. The maximum absolute atomic E-state index is 2.48. The topological polar surface area (TPSA) is 0 Å². The Morgan fingerprint density at radius 1 is 1.20 bits per heavy atom. The summed E-state index contributed by atoms with van der Waals surface area (Å²) in [5.41, 5.74) is 0. The fourth-order valence-electron chi connectivity index (χ4n) is 1.36. The van der Waals surface area contributed by atoms with Gasteiger partial charge in [0.15, 0.2) is 0 Å². The standard InChI is InChI=1S/C9H19I/c1-4-5-8(2)6-9(3)7-10/h8-9H,4-7H2,1-3H3/t8-,9-/m1/s1. The van der Waals surface area contributed by atoms with Gasteiger partial charge in [0.25, 0.3) is 0 Å². The fourth-order valence-corrected chi connectivity index (χ4v) is 1.72. The number of rotatable bonds is 5. The SMILES string of the molecule is CCC[C@@H](C)C[C@@H](C)CI. The maximum atomic E-state index is 2.48. The lowest BCUT2D eigenvalue weighted by Crippen LogP contribution is -2.03. The molecule has 0 rings (SSSR count). The molecular weight excluding hydrogens is 235 g/mol. The van der Waals surface area contributed by atoms with Crippen LogP contribution < -0.4 is 0 Å². The quantitative estimate of drug-likeness (QED) is 0.516. The van der Waals surface area contributed by atoms with Gasteiger partial charge < -0.3 is 0 Å². The van der Waals surface area contributed by atoms with Crippen molar-refractivity contribution >= 4 is 22.6 Å². The molecule has 0 amide bonds. The molecule has 2 atom stereocenters. The number of hydrogen-bond acceptors (Lipinski definition) is 0. The van der Waals surface area contributed by atoms with Crippen LogP contribution in [0.4, 0.5) is 0 Å². The molecule has 0 unspecified atom stereocenters. The second-order valence-corrected chi connectivity index (χ2v) is 4.27. The lowest BCUT2D eigenvalue weighted by Gasteiger charge is -2.13. The highest BCUT2D eigenvalue weighted by Gasteiger charge is 2.05. The van der Waals surface area contributed by atoms with E-state index in [0.29, 0.717) is 0 Å². The lowest BCUT2D eigenvalue weighted by atomic mass is 9.95. The van der Waals surface area contributed by atoms with Gasteiger partial charge in [0.2, 0.25) is 0 Å². The van der Waals surface area contributed by atoms with Gasteiger partial charge in [-0.3, -0.25) is 0 Å². The minimum Gasteiger partial charge on any atom is -0.0861 e. The minimum absolute atomic E-state index is 0.919. The molecule has 0 fully saturated rings. The normalized spacial score (nSPS) is 16.8. The van der Waals surface area contributed by atoms with Crippen molar-refractivity contribution in [2.45, 2.75) is 40.0 Å². The summed E-state index contributed by atoms with van der Waals surface area (Å²) in [5.74, 6) is 1.86. The van der Waals surface area contributed by atoms with Crippen molar-refractivity contribution in [3.63, 3.8) is 0 Å². The van der Waals surface area contributed by atoms with Crippen LogP contribution >= 0.6 is 22.6 Å². The second-order valence-electron chi connectivity index (χ2n) is 3.39. The first kappa shape index (κ1) is 10.7. The third kappa shape index (κ3) is 5.51. The van der Waals surface area contributed by atoms with Crippen LogP contribution in [-0.2, 0) is 0 Å². The van der Waals surface area contributed by atoms with E-state index in [1.807, 2.05) is 0 Å². The summed E-state index contributed by atoms with van der Waals surface area (Å²) in [6.07, 6.45) is 4.16. The molecule has 0 radical (unpaired) electrons. The Kier molecular flexibility index (Phi) is 6.91. The Labute approximate surface area is 78.9 Å². The second kappa shape index (κ2) is 6.44. The zero-order chi connectivity index (χ0) is 7.98. The van der Waals surface area contributed by atoms with Crippen molar-refractivity contribution in [1.29, 1.82) is 0 Å². The smallest absolute Gasteiger partial charge is 0.00211 e. The predicted molar refractivity (Wildman–Crippen MR) is 56.7 cm³/mol. The molecule has 0 spiro atoms. The zero-order valence-corrected chi connectivity index (χ0v) is 9.52. The Hall–Kier alpha value is 0.730. The molecule has 0 N–H and O–H groups in total. The summed E-state index contributed by atoms with van der Waals surface area (Å²) in [4.78, 5) is 0. The van der Waals surface area contributed by atoms with E-state index in [9.17, 15) is 0 Å². The average molecular weight is 254 g/mol. The van der Waals surface area contributed by atoms with Crippen LogP contribution in [0.15, 0.2) is 0 Å². The Balaban J connectivity index is 3.27. The summed E-state index contributed by atoms with van der Waals surface area (Å²) in [6, 6.07) is 0. The van der Waals surface area contributed by atoms with Gasteiger partial charge in [-0.25, -0.2) is 0 Å². The Morgan fingerprint density at radius 3 is 2.20 bits per heavy atom. The molecule has 0 aromatic carbocycles. The molecular formula is C9H19I. The largest absolute Gasteiger partial charge is 0.0861 e. The third-order valence-electron chi connectivity index (χ3n) is 1.85.